The minimum Gasteiger partial charge on any atom is -0.326 e. The number of benzene rings is 2. The van der Waals surface area contributed by atoms with Crippen molar-refractivity contribution in [2.45, 2.75) is 25.8 Å². The van der Waals surface area contributed by atoms with E-state index in [4.69, 9.17) is 0 Å². The van der Waals surface area contributed by atoms with Gasteiger partial charge in [0.2, 0.25) is 11.8 Å². The van der Waals surface area contributed by atoms with Crippen molar-refractivity contribution in [3.05, 3.63) is 58.6 Å². The lowest BCUT2D eigenvalue weighted by atomic mass is 10.1. The van der Waals surface area contributed by atoms with E-state index < -0.39 is 0 Å². The van der Waals surface area contributed by atoms with Crippen LogP contribution in [0, 0.1) is 0 Å². The molecule has 2 aromatic rings. The molecule has 0 bridgehead atoms. The predicted octanol–water partition coefficient (Wildman–Crippen LogP) is 3.76. The van der Waals surface area contributed by atoms with E-state index in [-0.39, 0.29) is 24.3 Å². The number of fused-ring (bicyclic) bond motifs is 1. The van der Waals surface area contributed by atoms with E-state index in [0.29, 0.717) is 5.69 Å². The summed E-state index contributed by atoms with van der Waals surface area (Å²) in [7, 11) is 0. The molecule has 1 aliphatic heterocycles. The standard InChI is InChI=1S/C18H17BrN2O2/c1-12-10-13-4-2-3-5-16(13)21(12)18(23)11-17(22)20-15-8-6-14(19)7-9-15/h2-9,12H,10-11H2,1H3,(H,20,22). The first-order chi connectivity index (χ1) is 11.0. The Morgan fingerprint density at radius 3 is 2.61 bits per heavy atom. The van der Waals surface area contributed by atoms with Gasteiger partial charge in [-0.05, 0) is 49.2 Å². The zero-order valence-corrected chi connectivity index (χ0v) is 14.3. The van der Waals surface area contributed by atoms with Crippen LogP contribution in [0.3, 0.4) is 0 Å². The van der Waals surface area contributed by atoms with Crippen molar-refractivity contribution in [1.29, 1.82) is 0 Å². The lowest BCUT2D eigenvalue weighted by Crippen LogP contribution is -2.37. The summed E-state index contributed by atoms with van der Waals surface area (Å²) in [5, 5.41) is 2.76. The zero-order valence-electron chi connectivity index (χ0n) is 12.8. The van der Waals surface area contributed by atoms with E-state index in [9.17, 15) is 9.59 Å². The van der Waals surface area contributed by atoms with Crippen LogP contribution in [-0.4, -0.2) is 17.9 Å². The first kappa shape index (κ1) is 15.7. The van der Waals surface area contributed by atoms with Crippen molar-refractivity contribution in [1.82, 2.24) is 0 Å². The molecule has 0 saturated carbocycles. The summed E-state index contributed by atoms with van der Waals surface area (Å²) in [4.78, 5) is 26.4. The largest absolute Gasteiger partial charge is 0.326 e. The highest BCUT2D eigenvalue weighted by molar-refractivity contribution is 9.10. The van der Waals surface area contributed by atoms with Gasteiger partial charge in [-0.25, -0.2) is 0 Å². The van der Waals surface area contributed by atoms with Crippen LogP contribution in [-0.2, 0) is 16.0 Å². The molecule has 1 aliphatic rings. The van der Waals surface area contributed by atoms with Gasteiger partial charge in [0, 0.05) is 21.9 Å². The van der Waals surface area contributed by atoms with Crippen LogP contribution >= 0.6 is 15.9 Å². The smallest absolute Gasteiger partial charge is 0.236 e. The fourth-order valence-corrected chi connectivity index (χ4v) is 3.17. The van der Waals surface area contributed by atoms with Gasteiger partial charge < -0.3 is 10.2 Å². The summed E-state index contributed by atoms with van der Waals surface area (Å²) >= 11 is 3.35. The predicted molar refractivity (Wildman–Crippen MR) is 94.5 cm³/mol. The highest BCUT2D eigenvalue weighted by atomic mass is 79.9. The summed E-state index contributed by atoms with van der Waals surface area (Å²) in [6, 6.07) is 15.2. The molecule has 1 atom stereocenters. The van der Waals surface area contributed by atoms with Gasteiger partial charge in [-0.15, -0.1) is 0 Å². The molecule has 0 aliphatic carbocycles. The average Bonchev–Trinajstić information content (AvgIpc) is 2.85. The van der Waals surface area contributed by atoms with Gasteiger partial charge in [0.25, 0.3) is 0 Å². The van der Waals surface area contributed by atoms with Crippen molar-refractivity contribution in [2.75, 3.05) is 10.2 Å². The molecule has 2 aromatic carbocycles. The molecule has 23 heavy (non-hydrogen) atoms. The molecule has 0 aromatic heterocycles. The Balaban J connectivity index is 1.67. The van der Waals surface area contributed by atoms with Crippen molar-refractivity contribution in [3.8, 4) is 0 Å². The van der Waals surface area contributed by atoms with Crippen LogP contribution in [0.5, 0.6) is 0 Å². The van der Waals surface area contributed by atoms with E-state index in [1.807, 2.05) is 43.3 Å². The monoisotopic (exact) mass is 372 g/mol. The van der Waals surface area contributed by atoms with Crippen molar-refractivity contribution < 1.29 is 9.59 Å². The molecule has 0 spiro atoms. The molecule has 5 heteroatoms. The maximum absolute atomic E-state index is 12.5. The molecule has 0 radical (unpaired) electrons. The minimum absolute atomic E-state index is 0.0837. The van der Waals surface area contributed by atoms with Crippen LogP contribution < -0.4 is 10.2 Å². The maximum Gasteiger partial charge on any atom is 0.236 e. The van der Waals surface area contributed by atoms with Crippen molar-refractivity contribution in [3.63, 3.8) is 0 Å². The average molecular weight is 373 g/mol. The number of halogens is 1. The summed E-state index contributed by atoms with van der Waals surface area (Å²) in [5.74, 6) is -0.467. The molecular weight excluding hydrogens is 356 g/mol. The third-order valence-electron chi connectivity index (χ3n) is 3.92. The van der Waals surface area contributed by atoms with Gasteiger partial charge in [-0.3, -0.25) is 9.59 Å². The lowest BCUT2D eigenvalue weighted by molar-refractivity contribution is -0.125. The third-order valence-corrected chi connectivity index (χ3v) is 4.44. The van der Waals surface area contributed by atoms with Crippen molar-refractivity contribution in [2.24, 2.45) is 0 Å². The van der Waals surface area contributed by atoms with Gasteiger partial charge in [0.05, 0.1) is 0 Å². The topological polar surface area (TPSA) is 49.4 Å². The SMILES string of the molecule is CC1Cc2ccccc2N1C(=O)CC(=O)Nc1ccc(Br)cc1. The van der Waals surface area contributed by atoms with Gasteiger partial charge in [0.15, 0.2) is 0 Å². The Morgan fingerprint density at radius 1 is 1.17 bits per heavy atom. The number of nitrogens with one attached hydrogen (secondary N) is 1. The Kier molecular flexibility index (Phi) is 4.48. The van der Waals surface area contributed by atoms with E-state index in [1.165, 1.54) is 0 Å². The molecule has 0 fully saturated rings. The second kappa shape index (κ2) is 6.54. The number of amides is 2. The maximum atomic E-state index is 12.5. The Hall–Kier alpha value is -2.14. The molecule has 118 valence electrons. The third kappa shape index (κ3) is 3.45. The van der Waals surface area contributed by atoms with Crippen LogP contribution in [0.15, 0.2) is 53.0 Å². The molecule has 1 unspecified atom stereocenters. The Bertz CT molecular complexity index is 743. The quantitative estimate of drug-likeness (QED) is 0.833. The lowest BCUT2D eigenvalue weighted by Gasteiger charge is -2.22. The number of anilines is 2. The van der Waals surface area contributed by atoms with E-state index in [0.717, 1.165) is 22.1 Å². The number of carbonyl (C=O) groups is 2. The Labute approximate surface area is 143 Å². The molecule has 1 heterocycles. The normalized spacial score (nSPS) is 16.1. The first-order valence-electron chi connectivity index (χ1n) is 7.50. The summed E-state index contributed by atoms with van der Waals surface area (Å²) < 4.78 is 0.939. The highest BCUT2D eigenvalue weighted by Gasteiger charge is 2.31. The number of carbonyl (C=O) groups excluding carboxylic acids is 2. The second-order valence-electron chi connectivity index (χ2n) is 5.68. The summed E-state index contributed by atoms with van der Waals surface area (Å²) in [6.07, 6.45) is 0.672. The fraction of sp³-hybridized carbons (Fsp3) is 0.222. The molecule has 4 nitrogen and oxygen atoms in total. The first-order valence-corrected chi connectivity index (χ1v) is 8.29. The van der Waals surface area contributed by atoms with Crippen LogP contribution in [0.1, 0.15) is 18.9 Å². The minimum atomic E-state index is -0.297. The van der Waals surface area contributed by atoms with E-state index in [1.54, 1.807) is 17.0 Å². The Morgan fingerprint density at radius 2 is 1.87 bits per heavy atom. The van der Waals surface area contributed by atoms with E-state index >= 15 is 0 Å². The molecular formula is C18H17BrN2O2. The molecule has 2 amide bonds. The number of hydrogen-bond donors (Lipinski definition) is 1. The summed E-state index contributed by atoms with van der Waals surface area (Å²) in [6.45, 7) is 2.00. The fourth-order valence-electron chi connectivity index (χ4n) is 2.91. The second-order valence-corrected chi connectivity index (χ2v) is 6.59. The van der Waals surface area contributed by atoms with Crippen molar-refractivity contribution >= 4 is 39.1 Å². The summed E-state index contributed by atoms with van der Waals surface area (Å²) in [5.41, 5.74) is 2.75. The molecule has 3 rings (SSSR count). The van der Waals surface area contributed by atoms with Gasteiger partial charge >= 0.3 is 0 Å². The van der Waals surface area contributed by atoms with Crippen LogP contribution in [0.2, 0.25) is 0 Å². The number of para-hydroxylation sites is 1. The zero-order chi connectivity index (χ0) is 16.4. The molecule has 1 N–H and O–H groups in total. The van der Waals surface area contributed by atoms with Gasteiger partial charge in [-0.1, -0.05) is 34.1 Å². The number of rotatable bonds is 3. The van der Waals surface area contributed by atoms with Gasteiger partial charge in [-0.2, -0.15) is 0 Å². The van der Waals surface area contributed by atoms with Gasteiger partial charge in [0.1, 0.15) is 6.42 Å². The number of nitrogens with zero attached hydrogens (tertiary/aromatic N) is 1. The number of hydrogen-bond acceptors (Lipinski definition) is 2. The molecule has 0 saturated heterocycles. The van der Waals surface area contributed by atoms with Crippen LogP contribution in [0.4, 0.5) is 11.4 Å². The van der Waals surface area contributed by atoms with Crippen LogP contribution in [0.25, 0.3) is 0 Å². The highest BCUT2D eigenvalue weighted by Crippen LogP contribution is 2.32. The van der Waals surface area contributed by atoms with E-state index in [2.05, 4.69) is 21.2 Å².